The van der Waals surface area contributed by atoms with Gasteiger partial charge in [0.05, 0.1) is 7.11 Å². The summed E-state index contributed by atoms with van der Waals surface area (Å²) in [7, 11) is 1.63. The number of H-pyrrole nitrogens is 1. The molecule has 7 heteroatoms. The van der Waals surface area contributed by atoms with Crippen molar-refractivity contribution in [2.24, 2.45) is 10.7 Å². The highest BCUT2D eigenvalue weighted by Crippen LogP contribution is 2.18. The Morgan fingerprint density at radius 2 is 2.10 bits per heavy atom. The van der Waals surface area contributed by atoms with Crippen LogP contribution in [0.3, 0.4) is 0 Å². The van der Waals surface area contributed by atoms with Crippen molar-refractivity contribution in [1.29, 1.82) is 0 Å². The lowest BCUT2D eigenvalue weighted by Crippen LogP contribution is -2.36. The van der Waals surface area contributed by atoms with E-state index in [4.69, 9.17) is 10.5 Å². The van der Waals surface area contributed by atoms with Crippen LogP contribution in [0.25, 0.3) is 11.4 Å². The molecule has 0 amide bonds. The number of guanidine groups is 1. The van der Waals surface area contributed by atoms with Gasteiger partial charge in [-0.2, -0.15) is 5.10 Å². The number of methoxy groups -OCH3 is 1. The number of rotatable bonds is 5. The molecule has 0 aliphatic carbocycles. The number of nitrogens with one attached hydrogen (secondary N) is 2. The first-order valence-electron chi connectivity index (χ1n) is 6.70. The molecule has 0 saturated heterocycles. The number of nitrogens with two attached hydrogens (primary N) is 1. The van der Waals surface area contributed by atoms with Gasteiger partial charge in [0.15, 0.2) is 11.8 Å². The SMILES string of the molecule is COc1ccc(-c2n[nH]c(CN=C(N)NC(C)C)n2)cc1. The van der Waals surface area contributed by atoms with Crippen LogP contribution in [0.5, 0.6) is 5.75 Å². The second-order valence-electron chi connectivity index (χ2n) is 4.83. The molecule has 21 heavy (non-hydrogen) atoms. The van der Waals surface area contributed by atoms with E-state index in [1.54, 1.807) is 7.11 Å². The van der Waals surface area contributed by atoms with E-state index in [2.05, 4.69) is 25.5 Å². The smallest absolute Gasteiger partial charge is 0.189 e. The van der Waals surface area contributed by atoms with E-state index in [1.807, 2.05) is 38.1 Å². The van der Waals surface area contributed by atoms with Crippen LogP contribution in [0, 0.1) is 0 Å². The Morgan fingerprint density at radius 1 is 1.38 bits per heavy atom. The second-order valence-corrected chi connectivity index (χ2v) is 4.83. The maximum Gasteiger partial charge on any atom is 0.189 e. The van der Waals surface area contributed by atoms with Crippen LogP contribution in [0.2, 0.25) is 0 Å². The number of benzene rings is 1. The van der Waals surface area contributed by atoms with Crippen molar-refractivity contribution < 1.29 is 4.74 Å². The molecule has 0 bridgehead atoms. The highest BCUT2D eigenvalue weighted by atomic mass is 16.5. The van der Waals surface area contributed by atoms with Crippen LogP contribution in [0.1, 0.15) is 19.7 Å². The molecule has 2 aromatic rings. The standard InChI is InChI=1S/C14H20N6O/c1-9(2)17-14(15)16-8-12-18-13(20-19-12)10-4-6-11(21-3)7-5-10/h4-7,9H,8H2,1-3H3,(H3,15,16,17)(H,18,19,20). The summed E-state index contributed by atoms with van der Waals surface area (Å²) in [6.45, 7) is 4.35. The summed E-state index contributed by atoms with van der Waals surface area (Å²) >= 11 is 0. The van der Waals surface area contributed by atoms with Gasteiger partial charge in [0.25, 0.3) is 0 Å². The summed E-state index contributed by atoms with van der Waals surface area (Å²) in [5.74, 6) is 2.48. The fourth-order valence-corrected chi connectivity index (χ4v) is 1.74. The molecule has 0 radical (unpaired) electrons. The topological polar surface area (TPSA) is 101 Å². The predicted octanol–water partition coefficient (Wildman–Crippen LogP) is 1.29. The van der Waals surface area contributed by atoms with Gasteiger partial charge in [0, 0.05) is 11.6 Å². The Labute approximate surface area is 123 Å². The normalized spacial score (nSPS) is 11.7. The Morgan fingerprint density at radius 3 is 2.71 bits per heavy atom. The molecule has 0 saturated carbocycles. The van der Waals surface area contributed by atoms with Gasteiger partial charge in [-0.05, 0) is 38.1 Å². The van der Waals surface area contributed by atoms with E-state index >= 15 is 0 Å². The number of hydrogen-bond acceptors (Lipinski definition) is 4. The van der Waals surface area contributed by atoms with Gasteiger partial charge in [-0.15, -0.1) is 0 Å². The monoisotopic (exact) mass is 288 g/mol. The third kappa shape index (κ3) is 4.20. The first-order valence-corrected chi connectivity index (χ1v) is 6.70. The zero-order valence-corrected chi connectivity index (χ0v) is 12.4. The van der Waals surface area contributed by atoms with E-state index < -0.39 is 0 Å². The fraction of sp³-hybridized carbons (Fsp3) is 0.357. The minimum Gasteiger partial charge on any atom is -0.497 e. The number of aliphatic imine (C=N–C) groups is 1. The van der Waals surface area contributed by atoms with Crippen molar-refractivity contribution in [1.82, 2.24) is 20.5 Å². The lowest BCUT2D eigenvalue weighted by molar-refractivity contribution is 0.415. The summed E-state index contributed by atoms with van der Waals surface area (Å²) in [4.78, 5) is 8.59. The van der Waals surface area contributed by atoms with Crippen LogP contribution in [0.4, 0.5) is 0 Å². The van der Waals surface area contributed by atoms with Gasteiger partial charge in [0.2, 0.25) is 0 Å². The number of aromatic nitrogens is 3. The molecule has 1 heterocycles. The third-order valence-corrected chi connectivity index (χ3v) is 2.72. The molecule has 4 N–H and O–H groups in total. The van der Waals surface area contributed by atoms with E-state index in [9.17, 15) is 0 Å². The van der Waals surface area contributed by atoms with Gasteiger partial charge in [0.1, 0.15) is 18.1 Å². The number of nitrogens with zero attached hydrogens (tertiary/aromatic N) is 3. The van der Waals surface area contributed by atoms with Gasteiger partial charge in [-0.1, -0.05) is 0 Å². The Balaban J connectivity index is 2.03. The minimum atomic E-state index is 0.248. The Kier molecular flexibility index (Phi) is 4.76. The summed E-state index contributed by atoms with van der Waals surface area (Å²) in [6, 6.07) is 7.80. The average Bonchev–Trinajstić information content (AvgIpc) is 2.93. The van der Waals surface area contributed by atoms with Crippen molar-refractivity contribution in [3.05, 3.63) is 30.1 Å². The van der Waals surface area contributed by atoms with Crippen molar-refractivity contribution in [2.75, 3.05) is 7.11 Å². The van der Waals surface area contributed by atoms with E-state index in [0.29, 0.717) is 24.2 Å². The first kappa shape index (κ1) is 14.8. The van der Waals surface area contributed by atoms with Crippen molar-refractivity contribution in [2.45, 2.75) is 26.4 Å². The highest BCUT2D eigenvalue weighted by Gasteiger charge is 2.06. The predicted molar refractivity (Wildman–Crippen MR) is 82.0 cm³/mol. The van der Waals surface area contributed by atoms with Gasteiger partial charge in [-0.25, -0.2) is 9.98 Å². The van der Waals surface area contributed by atoms with E-state index in [1.165, 1.54) is 0 Å². The number of aromatic amines is 1. The van der Waals surface area contributed by atoms with Crippen molar-refractivity contribution in [3.8, 4) is 17.1 Å². The molecule has 2 rings (SSSR count). The zero-order chi connectivity index (χ0) is 15.2. The minimum absolute atomic E-state index is 0.248. The molecule has 0 aliphatic heterocycles. The van der Waals surface area contributed by atoms with Gasteiger partial charge >= 0.3 is 0 Å². The lowest BCUT2D eigenvalue weighted by atomic mass is 10.2. The molecule has 1 aromatic carbocycles. The van der Waals surface area contributed by atoms with Crippen LogP contribution < -0.4 is 15.8 Å². The summed E-state index contributed by atoms with van der Waals surface area (Å²) in [5.41, 5.74) is 6.65. The van der Waals surface area contributed by atoms with E-state index in [-0.39, 0.29) is 6.04 Å². The first-order chi connectivity index (χ1) is 10.1. The maximum atomic E-state index is 5.74. The summed E-state index contributed by atoms with van der Waals surface area (Å²) in [5, 5.41) is 10.0. The zero-order valence-electron chi connectivity index (χ0n) is 12.4. The highest BCUT2D eigenvalue weighted by molar-refractivity contribution is 5.78. The van der Waals surface area contributed by atoms with Crippen molar-refractivity contribution in [3.63, 3.8) is 0 Å². The molecule has 112 valence electrons. The molecular weight excluding hydrogens is 268 g/mol. The molecule has 7 nitrogen and oxygen atoms in total. The second kappa shape index (κ2) is 6.74. The number of hydrogen-bond donors (Lipinski definition) is 3. The molecule has 0 atom stereocenters. The molecule has 0 fully saturated rings. The molecule has 0 unspecified atom stereocenters. The average molecular weight is 288 g/mol. The summed E-state index contributed by atoms with van der Waals surface area (Å²) in [6.07, 6.45) is 0. The van der Waals surface area contributed by atoms with Crippen molar-refractivity contribution >= 4 is 5.96 Å². The van der Waals surface area contributed by atoms with Crippen LogP contribution >= 0.6 is 0 Å². The molecular formula is C14H20N6O. The van der Waals surface area contributed by atoms with Gasteiger partial charge in [-0.3, -0.25) is 5.10 Å². The Bertz CT molecular complexity index is 602. The molecule has 1 aromatic heterocycles. The molecule has 0 aliphatic rings. The Hall–Kier alpha value is -2.57. The number of ether oxygens (including phenoxy) is 1. The van der Waals surface area contributed by atoms with E-state index in [0.717, 1.165) is 11.3 Å². The quantitative estimate of drug-likeness (QED) is 0.568. The lowest BCUT2D eigenvalue weighted by Gasteiger charge is -2.07. The fourth-order valence-electron chi connectivity index (χ4n) is 1.74. The largest absolute Gasteiger partial charge is 0.497 e. The molecule has 0 spiro atoms. The summed E-state index contributed by atoms with van der Waals surface area (Å²) < 4.78 is 5.12. The van der Waals surface area contributed by atoms with Crippen LogP contribution in [-0.2, 0) is 6.54 Å². The third-order valence-electron chi connectivity index (χ3n) is 2.72. The van der Waals surface area contributed by atoms with Crippen LogP contribution in [-0.4, -0.2) is 34.3 Å². The maximum absolute atomic E-state index is 5.74. The van der Waals surface area contributed by atoms with Gasteiger partial charge < -0.3 is 15.8 Å². The van der Waals surface area contributed by atoms with Crippen LogP contribution in [0.15, 0.2) is 29.3 Å².